The maximum absolute atomic E-state index is 12.7. The smallest absolute Gasteiger partial charge is 0.306 e. The molecule has 0 saturated heterocycles. The summed E-state index contributed by atoms with van der Waals surface area (Å²) in [6, 6.07) is 0. The monoisotopic (exact) mass is 887 g/mol. The highest BCUT2D eigenvalue weighted by atomic mass is 16.6. The number of esters is 3. The van der Waals surface area contributed by atoms with E-state index < -0.39 is 6.10 Å². The molecule has 0 aliphatic rings. The molecule has 0 N–H and O–H groups in total. The Kier molecular flexibility index (Phi) is 50.8. The zero-order chi connectivity index (χ0) is 45.8. The van der Waals surface area contributed by atoms with Crippen LogP contribution in [0.15, 0.2) is 24.3 Å². The Morgan fingerprint density at radius 3 is 0.873 bits per heavy atom. The zero-order valence-corrected chi connectivity index (χ0v) is 42.4. The Bertz CT molecular complexity index is 1020. The number of carbonyl (C=O) groups is 3. The number of unbranched alkanes of at least 4 members (excludes halogenated alkanes) is 36. The average molecular weight is 887 g/mol. The highest BCUT2D eigenvalue weighted by molar-refractivity contribution is 5.71. The van der Waals surface area contributed by atoms with Crippen LogP contribution in [0, 0.1) is 0 Å². The Balaban J connectivity index is 3.92. The summed E-state index contributed by atoms with van der Waals surface area (Å²) < 4.78 is 16.7. The van der Waals surface area contributed by atoms with Gasteiger partial charge in [0.25, 0.3) is 0 Å². The van der Waals surface area contributed by atoms with Gasteiger partial charge in [0.1, 0.15) is 13.2 Å². The molecule has 63 heavy (non-hydrogen) atoms. The van der Waals surface area contributed by atoms with Gasteiger partial charge in [-0.3, -0.25) is 14.4 Å². The topological polar surface area (TPSA) is 78.9 Å². The third kappa shape index (κ3) is 50.7. The number of hydrogen-bond donors (Lipinski definition) is 0. The molecule has 0 rings (SSSR count). The third-order valence-electron chi connectivity index (χ3n) is 12.5. The second kappa shape index (κ2) is 52.5. The van der Waals surface area contributed by atoms with E-state index in [4.69, 9.17) is 14.2 Å². The lowest BCUT2D eigenvalue weighted by Crippen LogP contribution is -2.30. The van der Waals surface area contributed by atoms with Crippen LogP contribution >= 0.6 is 0 Å². The molecule has 0 aromatic carbocycles. The maximum Gasteiger partial charge on any atom is 0.306 e. The van der Waals surface area contributed by atoms with Gasteiger partial charge in [-0.05, 0) is 51.4 Å². The van der Waals surface area contributed by atoms with Crippen LogP contribution in [0.25, 0.3) is 0 Å². The molecule has 0 aliphatic carbocycles. The number of allylic oxidation sites excluding steroid dienone is 4. The molecule has 1 atom stereocenters. The van der Waals surface area contributed by atoms with Crippen molar-refractivity contribution in [2.75, 3.05) is 13.2 Å². The van der Waals surface area contributed by atoms with E-state index in [1.165, 1.54) is 199 Å². The average Bonchev–Trinajstić information content (AvgIpc) is 3.28. The fourth-order valence-corrected chi connectivity index (χ4v) is 8.24. The molecule has 0 spiro atoms. The first-order valence-corrected chi connectivity index (χ1v) is 27.8. The lowest BCUT2D eigenvalue weighted by Gasteiger charge is -2.18. The van der Waals surface area contributed by atoms with E-state index in [2.05, 4.69) is 45.1 Å². The van der Waals surface area contributed by atoms with Crippen molar-refractivity contribution in [3.05, 3.63) is 24.3 Å². The van der Waals surface area contributed by atoms with Crippen molar-refractivity contribution < 1.29 is 28.6 Å². The van der Waals surface area contributed by atoms with Crippen LogP contribution in [0.3, 0.4) is 0 Å². The van der Waals surface area contributed by atoms with E-state index in [0.29, 0.717) is 19.3 Å². The molecule has 370 valence electrons. The minimum atomic E-state index is -0.761. The summed E-state index contributed by atoms with van der Waals surface area (Å²) in [5.41, 5.74) is 0. The predicted octanol–water partition coefficient (Wildman–Crippen LogP) is 18.3. The van der Waals surface area contributed by atoms with Crippen molar-refractivity contribution in [3.8, 4) is 0 Å². The van der Waals surface area contributed by atoms with Gasteiger partial charge in [0.15, 0.2) is 6.10 Å². The van der Waals surface area contributed by atoms with Gasteiger partial charge < -0.3 is 14.2 Å². The molecule has 0 saturated carbocycles. The van der Waals surface area contributed by atoms with Gasteiger partial charge in [-0.1, -0.05) is 257 Å². The number of ether oxygens (including phenoxy) is 3. The summed E-state index contributed by atoms with van der Waals surface area (Å²) in [5, 5.41) is 0. The molecule has 0 fully saturated rings. The summed E-state index contributed by atoms with van der Waals surface area (Å²) in [6.07, 6.45) is 60.8. The Hall–Kier alpha value is -2.11. The molecule has 0 aliphatic heterocycles. The van der Waals surface area contributed by atoms with Gasteiger partial charge in [0.2, 0.25) is 0 Å². The van der Waals surface area contributed by atoms with Gasteiger partial charge in [0, 0.05) is 19.3 Å². The second-order valence-electron chi connectivity index (χ2n) is 18.9. The molecule has 0 aromatic rings. The van der Waals surface area contributed by atoms with Gasteiger partial charge in [-0.25, -0.2) is 0 Å². The van der Waals surface area contributed by atoms with Crippen LogP contribution in [0.4, 0.5) is 0 Å². The van der Waals surface area contributed by atoms with Gasteiger partial charge in [0.05, 0.1) is 0 Å². The Morgan fingerprint density at radius 1 is 0.317 bits per heavy atom. The normalized spacial score (nSPS) is 12.1. The highest BCUT2D eigenvalue weighted by Crippen LogP contribution is 2.17. The summed E-state index contributed by atoms with van der Waals surface area (Å²) in [6.45, 7) is 6.58. The standard InChI is InChI=1S/C57H106O6/c1-4-7-10-13-16-18-20-21-22-23-24-25-26-27-28-29-30-31-32-33-34-35-36-37-38-40-41-44-47-50-56(59)62-53-54(52-61-55(58)49-46-43-15-12-9-6-3)63-57(60)51-48-45-42-39-19-17-14-11-8-5-2/h20-21,23-24,54H,4-19,22,25-53H2,1-3H3/b21-20-,24-23-. The lowest BCUT2D eigenvalue weighted by atomic mass is 10.0. The number of hydrogen-bond acceptors (Lipinski definition) is 6. The van der Waals surface area contributed by atoms with E-state index in [0.717, 1.165) is 64.2 Å². The fourth-order valence-electron chi connectivity index (χ4n) is 8.24. The third-order valence-corrected chi connectivity index (χ3v) is 12.5. The molecule has 0 radical (unpaired) electrons. The first-order chi connectivity index (χ1) is 31.0. The highest BCUT2D eigenvalue weighted by Gasteiger charge is 2.19. The minimum Gasteiger partial charge on any atom is -0.462 e. The zero-order valence-electron chi connectivity index (χ0n) is 42.4. The largest absolute Gasteiger partial charge is 0.462 e. The molecule has 0 amide bonds. The first kappa shape index (κ1) is 60.9. The Morgan fingerprint density at radius 2 is 0.571 bits per heavy atom. The van der Waals surface area contributed by atoms with Crippen molar-refractivity contribution in [2.24, 2.45) is 0 Å². The summed E-state index contributed by atoms with van der Waals surface area (Å²) >= 11 is 0. The van der Waals surface area contributed by atoms with E-state index in [1.54, 1.807) is 0 Å². The minimum absolute atomic E-state index is 0.0663. The predicted molar refractivity (Wildman–Crippen MR) is 270 cm³/mol. The molecule has 0 heterocycles. The van der Waals surface area contributed by atoms with E-state index >= 15 is 0 Å². The lowest BCUT2D eigenvalue weighted by molar-refractivity contribution is -0.167. The van der Waals surface area contributed by atoms with Crippen molar-refractivity contribution >= 4 is 17.9 Å². The van der Waals surface area contributed by atoms with Gasteiger partial charge in [-0.15, -0.1) is 0 Å². The van der Waals surface area contributed by atoms with Gasteiger partial charge in [-0.2, -0.15) is 0 Å². The van der Waals surface area contributed by atoms with Crippen molar-refractivity contribution in [1.29, 1.82) is 0 Å². The SMILES string of the molecule is CCCCCCC/C=C\C/C=C\CCCCCCCCCCCCCCCCCCCC(=O)OCC(COC(=O)CCCCCCCC)OC(=O)CCCCCCCCCCCC. The van der Waals surface area contributed by atoms with E-state index in [9.17, 15) is 14.4 Å². The van der Waals surface area contributed by atoms with Crippen molar-refractivity contribution in [2.45, 2.75) is 309 Å². The molecular weight excluding hydrogens is 781 g/mol. The number of carbonyl (C=O) groups excluding carboxylic acids is 3. The molecule has 6 heteroatoms. The first-order valence-electron chi connectivity index (χ1n) is 27.8. The summed E-state index contributed by atoms with van der Waals surface area (Å²) in [4.78, 5) is 37.7. The van der Waals surface area contributed by atoms with Crippen LogP contribution in [0.5, 0.6) is 0 Å². The summed E-state index contributed by atoms with van der Waals surface area (Å²) in [5.74, 6) is -0.864. The van der Waals surface area contributed by atoms with Crippen LogP contribution in [-0.4, -0.2) is 37.2 Å². The van der Waals surface area contributed by atoms with E-state index in [-0.39, 0.29) is 31.1 Å². The molecule has 1 unspecified atom stereocenters. The van der Waals surface area contributed by atoms with E-state index in [1.807, 2.05) is 0 Å². The van der Waals surface area contributed by atoms with Crippen molar-refractivity contribution in [3.63, 3.8) is 0 Å². The van der Waals surface area contributed by atoms with Crippen LogP contribution in [0.2, 0.25) is 0 Å². The summed E-state index contributed by atoms with van der Waals surface area (Å²) in [7, 11) is 0. The fraction of sp³-hybridized carbons (Fsp3) is 0.877. The molecular formula is C57H106O6. The molecule has 6 nitrogen and oxygen atoms in total. The number of rotatable bonds is 51. The Labute approximate surface area is 392 Å². The quantitative estimate of drug-likeness (QED) is 0.0262. The van der Waals surface area contributed by atoms with Crippen LogP contribution in [-0.2, 0) is 28.6 Å². The second-order valence-corrected chi connectivity index (χ2v) is 18.9. The van der Waals surface area contributed by atoms with Crippen molar-refractivity contribution in [1.82, 2.24) is 0 Å². The molecule has 0 bridgehead atoms. The van der Waals surface area contributed by atoms with Crippen LogP contribution in [0.1, 0.15) is 303 Å². The van der Waals surface area contributed by atoms with Crippen LogP contribution < -0.4 is 0 Å². The molecule has 0 aromatic heterocycles. The maximum atomic E-state index is 12.7. The van der Waals surface area contributed by atoms with Gasteiger partial charge >= 0.3 is 17.9 Å².